The largest absolute Gasteiger partial charge is 0.457 e. The number of hydrogen-bond donors (Lipinski definition) is 1. The fraction of sp³-hybridized carbons (Fsp3) is 0.200. The number of para-hydroxylation sites is 1. The fourth-order valence-electron chi connectivity index (χ4n) is 2.19. The zero-order valence-electron chi connectivity index (χ0n) is 10.5. The first-order chi connectivity index (χ1) is 9.29. The standard InChI is InChI=1S/C15H14ClNOS/c1-2-17-14(13-7-4-8-19-13)12-9-10-5-3-6-11(16)15(10)18-12/h3-9,14,17H,2H2,1H3. The van der Waals surface area contributed by atoms with E-state index in [-0.39, 0.29) is 6.04 Å². The van der Waals surface area contributed by atoms with E-state index in [2.05, 4.69) is 35.8 Å². The van der Waals surface area contributed by atoms with Crippen molar-refractivity contribution in [3.63, 3.8) is 0 Å². The molecule has 0 fully saturated rings. The number of rotatable bonds is 4. The minimum Gasteiger partial charge on any atom is -0.457 e. The Kier molecular flexibility index (Phi) is 3.60. The molecule has 0 aliphatic rings. The van der Waals surface area contributed by atoms with Gasteiger partial charge in [0.05, 0.1) is 5.02 Å². The maximum atomic E-state index is 6.17. The van der Waals surface area contributed by atoms with E-state index < -0.39 is 0 Å². The highest BCUT2D eigenvalue weighted by atomic mass is 35.5. The summed E-state index contributed by atoms with van der Waals surface area (Å²) in [6.45, 7) is 2.98. The van der Waals surface area contributed by atoms with Crippen LogP contribution < -0.4 is 5.32 Å². The number of thiophene rings is 1. The zero-order valence-corrected chi connectivity index (χ0v) is 12.1. The summed E-state index contributed by atoms with van der Waals surface area (Å²) in [7, 11) is 0. The van der Waals surface area contributed by atoms with Gasteiger partial charge in [0.2, 0.25) is 0 Å². The summed E-state index contributed by atoms with van der Waals surface area (Å²) in [4.78, 5) is 1.25. The van der Waals surface area contributed by atoms with Gasteiger partial charge >= 0.3 is 0 Å². The molecule has 1 unspecified atom stereocenters. The summed E-state index contributed by atoms with van der Waals surface area (Å²) in [6, 6.07) is 12.1. The van der Waals surface area contributed by atoms with Gasteiger partial charge in [0.1, 0.15) is 11.8 Å². The molecule has 0 saturated heterocycles. The molecule has 0 spiro atoms. The second-order valence-electron chi connectivity index (χ2n) is 4.31. The lowest BCUT2D eigenvalue weighted by molar-refractivity contribution is 0.481. The van der Waals surface area contributed by atoms with Crippen molar-refractivity contribution in [2.75, 3.05) is 6.54 Å². The van der Waals surface area contributed by atoms with Crippen molar-refractivity contribution in [2.24, 2.45) is 0 Å². The Bertz CT molecular complexity index is 675. The van der Waals surface area contributed by atoms with Crippen LogP contribution in [0.15, 0.2) is 46.2 Å². The van der Waals surface area contributed by atoms with Crippen LogP contribution in [0.2, 0.25) is 5.02 Å². The first-order valence-electron chi connectivity index (χ1n) is 6.24. The maximum absolute atomic E-state index is 6.17. The van der Waals surface area contributed by atoms with Crippen LogP contribution in [0.5, 0.6) is 0 Å². The van der Waals surface area contributed by atoms with Gasteiger partial charge in [0, 0.05) is 10.3 Å². The molecule has 98 valence electrons. The Morgan fingerprint density at radius 3 is 2.89 bits per heavy atom. The van der Waals surface area contributed by atoms with E-state index in [0.717, 1.165) is 23.3 Å². The molecule has 2 heterocycles. The molecule has 2 nitrogen and oxygen atoms in total. The first-order valence-corrected chi connectivity index (χ1v) is 7.50. The Morgan fingerprint density at radius 2 is 2.21 bits per heavy atom. The molecule has 0 bridgehead atoms. The van der Waals surface area contributed by atoms with Crippen LogP contribution in [-0.2, 0) is 0 Å². The quantitative estimate of drug-likeness (QED) is 0.743. The number of benzene rings is 1. The first kappa shape index (κ1) is 12.7. The molecule has 0 aliphatic heterocycles. The smallest absolute Gasteiger partial charge is 0.152 e. The van der Waals surface area contributed by atoms with Gasteiger partial charge in [-0.25, -0.2) is 0 Å². The molecule has 0 amide bonds. The second-order valence-corrected chi connectivity index (χ2v) is 5.70. The topological polar surface area (TPSA) is 25.2 Å². The molecule has 1 aromatic carbocycles. The Morgan fingerprint density at radius 1 is 1.32 bits per heavy atom. The molecule has 2 aromatic heterocycles. The van der Waals surface area contributed by atoms with Crippen LogP contribution in [-0.4, -0.2) is 6.54 Å². The molecule has 3 rings (SSSR count). The predicted molar refractivity (Wildman–Crippen MR) is 81.1 cm³/mol. The van der Waals surface area contributed by atoms with E-state index in [0.29, 0.717) is 5.02 Å². The van der Waals surface area contributed by atoms with Crippen LogP contribution >= 0.6 is 22.9 Å². The fourth-order valence-corrected chi connectivity index (χ4v) is 3.22. The van der Waals surface area contributed by atoms with Crippen molar-refractivity contribution in [1.29, 1.82) is 0 Å². The molecular weight excluding hydrogens is 278 g/mol. The van der Waals surface area contributed by atoms with Gasteiger partial charge < -0.3 is 9.73 Å². The van der Waals surface area contributed by atoms with Gasteiger partial charge in [-0.2, -0.15) is 0 Å². The number of fused-ring (bicyclic) bond motifs is 1. The molecular formula is C15H14ClNOS. The monoisotopic (exact) mass is 291 g/mol. The second kappa shape index (κ2) is 5.37. The van der Waals surface area contributed by atoms with E-state index in [1.54, 1.807) is 11.3 Å². The molecule has 3 aromatic rings. The highest BCUT2D eigenvalue weighted by Crippen LogP contribution is 2.33. The lowest BCUT2D eigenvalue weighted by Crippen LogP contribution is -2.20. The third kappa shape index (κ3) is 2.41. The average Bonchev–Trinajstić information content (AvgIpc) is 3.05. The van der Waals surface area contributed by atoms with Crippen molar-refractivity contribution in [1.82, 2.24) is 5.32 Å². The van der Waals surface area contributed by atoms with E-state index in [1.165, 1.54) is 4.88 Å². The highest BCUT2D eigenvalue weighted by Gasteiger charge is 2.19. The third-order valence-electron chi connectivity index (χ3n) is 3.04. The third-order valence-corrected chi connectivity index (χ3v) is 4.27. The minimum absolute atomic E-state index is 0.0912. The zero-order chi connectivity index (χ0) is 13.2. The molecule has 19 heavy (non-hydrogen) atoms. The predicted octanol–water partition coefficient (Wildman–Crippen LogP) is 4.85. The van der Waals surface area contributed by atoms with Gasteiger partial charge in [-0.3, -0.25) is 0 Å². The summed E-state index contributed by atoms with van der Waals surface area (Å²) in [5.41, 5.74) is 0.763. The van der Waals surface area contributed by atoms with Gasteiger partial charge in [0.25, 0.3) is 0 Å². The van der Waals surface area contributed by atoms with Crippen LogP contribution in [0.1, 0.15) is 23.6 Å². The number of nitrogens with one attached hydrogen (secondary N) is 1. The highest BCUT2D eigenvalue weighted by molar-refractivity contribution is 7.10. The van der Waals surface area contributed by atoms with E-state index in [1.807, 2.05) is 18.2 Å². The summed E-state index contributed by atoms with van der Waals surface area (Å²) in [5.74, 6) is 0.910. The molecule has 0 radical (unpaired) electrons. The average molecular weight is 292 g/mol. The summed E-state index contributed by atoms with van der Waals surface area (Å²) >= 11 is 7.89. The number of halogens is 1. The molecule has 4 heteroatoms. The van der Waals surface area contributed by atoms with Crippen LogP contribution in [0, 0.1) is 0 Å². The van der Waals surface area contributed by atoms with Gasteiger partial charge in [0.15, 0.2) is 5.58 Å². The van der Waals surface area contributed by atoms with Crippen LogP contribution in [0.3, 0.4) is 0 Å². The van der Waals surface area contributed by atoms with Gasteiger partial charge in [-0.1, -0.05) is 36.7 Å². The molecule has 1 N–H and O–H groups in total. The molecule has 0 saturated carbocycles. The number of furan rings is 1. The van der Waals surface area contributed by atoms with Crippen molar-refractivity contribution < 1.29 is 4.42 Å². The molecule has 1 atom stereocenters. The SMILES string of the molecule is CCNC(c1cc2cccc(Cl)c2o1)c1cccs1. The Labute approximate surface area is 121 Å². The van der Waals surface area contributed by atoms with Crippen molar-refractivity contribution >= 4 is 33.9 Å². The summed E-state index contributed by atoms with van der Waals surface area (Å²) in [6.07, 6.45) is 0. The number of hydrogen-bond acceptors (Lipinski definition) is 3. The van der Waals surface area contributed by atoms with E-state index >= 15 is 0 Å². The lowest BCUT2D eigenvalue weighted by Gasteiger charge is -2.13. The normalized spacial score (nSPS) is 12.9. The van der Waals surface area contributed by atoms with Crippen LogP contribution in [0.25, 0.3) is 11.0 Å². The van der Waals surface area contributed by atoms with Gasteiger partial charge in [-0.15, -0.1) is 11.3 Å². The van der Waals surface area contributed by atoms with E-state index in [9.17, 15) is 0 Å². The van der Waals surface area contributed by atoms with Crippen LogP contribution in [0.4, 0.5) is 0 Å². The summed E-state index contributed by atoms with van der Waals surface area (Å²) in [5, 5.41) is 7.24. The van der Waals surface area contributed by atoms with Gasteiger partial charge in [-0.05, 0) is 30.1 Å². The summed E-state index contributed by atoms with van der Waals surface area (Å²) < 4.78 is 5.95. The van der Waals surface area contributed by atoms with Crippen molar-refractivity contribution in [3.05, 3.63) is 57.4 Å². The van der Waals surface area contributed by atoms with E-state index in [4.69, 9.17) is 16.0 Å². The maximum Gasteiger partial charge on any atom is 0.152 e. The molecule has 0 aliphatic carbocycles. The Hall–Kier alpha value is -1.29. The lowest BCUT2D eigenvalue weighted by atomic mass is 10.1. The Balaban J connectivity index is 2.08. The minimum atomic E-state index is 0.0912. The van der Waals surface area contributed by atoms with Crippen molar-refractivity contribution in [3.8, 4) is 0 Å². The van der Waals surface area contributed by atoms with Crippen molar-refractivity contribution in [2.45, 2.75) is 13.0 Å².